The van der Waals surface area contributed by atoms with Crippen LogP contribution in [0.5, 0.6) is 0 Å². The second kappa shape index (κ2) is 8.32. The van der Waals surface area contributed by atoms with E-state index in [-0.39, 0.29) is 0 Å². The average Bonchev–Trinajstić information content (AvgIpc) is 3.56. The summed E-state index contributed by atoms with van der Waals surface area (Å²) in [6, 6.07) is 48.9. The van der Waals surface area contributed by atoms with Crippen LogP contribution in [0.2, 0.25) is 0 Å². The topological polar surface area (TPSA) is 8.17 Å². The van der Waals surface area contributed by atoms with Crippen molar-refractivity contribution in [2.45, 2.75) is 6.42 Å². The predicted molar refractivity (Wildman–Crippen MR) is 171 cm³/mol. The fourth-order valence-electron chi connectivity index (χ4n) is 6.71. The number of anilines is 3. The van der Waals surface area contributed by atoms with Gasteiger partial charge in [-0.25, -0.2) is 0 Å². The van der Waals surface area contributed by atoms with Crippen LogP contribution >= 0.6 is 11.3 Å². The van der Waals surface area contributed by atoms with Crippen LogP contribution in [0, 0.1) is 0 Å². The van der Waals surface area contributed by atoms with Crippen molar-refractivity contribution in [3.05, 3.63) is 145 Å². The van der Waals surface area contributed by atoms with Gasteiger partial charge in [0.2, 0.25) is 0 Å². The summed E-state index contributed by atoms with van der Waals surface area (Å²) < 4.78 is 5.13. The molecule has 3 heterocycles. The number of rotatable bonds is 2. The lowest BCUT2D eigenvalue weighted by molar-refractivity contribution is 1.09. The number of thiophene rings is 1. The molecule has 2 aromatic heterocycles. The highest BCUT2D eigenvalue weighted by Gasteiger charge is 2.27. The van der Waals surface area contributed by atoms with Crippen molar-refractivity contribution in [2.75, 3.05) is 4.90 Å². The van der Waals surface area contributed by atoms with Gasteiger partial charge in [-0.2, -0.15) is 0 Å². The van der Waals surface area contributed by atoms with E-state index in [1.807, 2.05) is 11.3 Å². The van der Waals surface area contributed by atoms with Gasteiger partial charge in [-0.05, 0) is 53.6 Å². The minimum absolute atomic E-state index is 0.953. The highest BCUT2D eigenvalue weighted by Crippen LogP contribution is 2.49. The molecule has 0 fully saturated rings. The summed E-state index contributed by atoms with van der Waals surface area (Å²) in [5.41, 5.74) is 10.2. The molecule has 0 bridgehead atoms. The lowest BCUT2D eigenvalue weighted by Gasteiger charge is -2.34. The summed E-state index contributed by atoms with van der Waals surface area (Å²) in [4.78, 5) is 2.48. The van der Waals surface area contributed by atoms with Gasteiger partial charge in [0.25, 0.3) is 0 Å². The van der Waals surface area contributed by atoms with E-state index in [4.69, 9.17) is 0 Å². The van der Waals surface area contributed by atoms with E-state index in [0.717, 1.165) is 6.42 Å². The predicted octanol–water partition coefficient (Wildman–Crippen LogP) is 10.5. The second-order valence-electron chi connectivity index (χ2n) is 10.5. The van der Waals surface area contributed by atoms with Crippen molar-refractivity contribution in [3.8, 4) is 5.69 Å². The fourth-order valence-corrected chi connectivity index (χ4v) is 7.91. The van der Waals surface area contributed by atoms with Gasteiger partial charge in [0.05, 0.1) is 27.1 Å². The van der Waals surface area contributed by atoms with Crippen molar-refractivity contribution in [1.29, 1.82) is 0 Å². The first-order valence-corrected chi connectivity index (χ1v) is 14.6. The van der Waals surface area contributed by atoms with Crippen LogP contribution in [-0.2, 0) is 6.42 Å². The van der Waals surface area contributed by atoms with Crippen LogP contribution in [0.4, 0.5) is 17.1 Å². The number of benzene rings is 6. The lowest BCUT2D eigenvalue weighted by atomic mass is 9.94. The minimum Gasteiger partial charge on any atom is -0.309 e. The Morgan fingerprint density at radius 3 is 1.85 bits per heavy atom. The molecule has 1 aliphatic rings. The van der Waals surface area contributed by atoms with Crippen LogP contribution in [0.3, 0.4) is 0 Å². The number of hydrogen-bond acceptors (Lipinski definition) is 2. The zero-order valence-corrected chi connectivity index (χ0v) is 22.5. The Morgan fingerprint density at radius 1 is 0.450 bits per heavy atom. The minimum atomic E-state index is 0.953. The molecule has 0 atom stereocenters. The first kappa shape index (κ1) is 22.0. The van der Waals surface area contributed by atoms with Gasteiger partial charge < -0.3 is 9.47 Å². The Balaban J connectivity index is 1.40. The molecule has 1 aliphatic heterocycles. The number of aromatic nitrogens is 1. The highest BCUT2D eigenvalue weighted by atomic mass is 32.1. The van der Waals surface area contributed by atoms with Gasteiger partial charge in [-0.1, -0.05) is 91.0 Å². The van der Waals surface area contributed by atoms with Gasteiger partial charge in [0.15, 0.2) is 0 Å². The number of hydrogen-bond donors (Lipinski definition) is 0. The third-order valence-corrected chi connectivity index (χ3v) is 9.60. The molecule has 6 aromatic carbocycles. The van der Waals surface area contributed by atoms with Crippen molar-refractivity contribution in [3.63, 3.8) is 0 Å². The smallest absolute Gasteiger partial charge is 0.0640 e. The first-order valence-electron chi connectivity index (χ1n) is 13.8. The number of para-hydroxylation sites is 3. The van der Waals surface area contributed by atoms with E-state index in [1.165, 1.54) is 75.9 Å². The van der Waals surface area contributed by atoms with Crippen LogP contribution in [0.15, 0.2) is 133 Å². The van der Waals surface area contributed by atoms with Gasteiger partial charge in [0.1, 0.15) is 0 Å². The molecule has 0 saturated heterocycles. The van der Waals surface area contributed by atoms with E-state index >= 15 is 0 Å². The fraction of sp³-hybridized carbons (Fsp3) is 0.0270. The molecular formula is C37H24N2S. The third kappa shape index (κ3) is 2.98. The molecule has 40 heavy (non-hydrogen) atoms. The quantitative estimate of drug-likeness (QED) is 0.217. The maximum Gasteiger partial charge on any atom is 0.0640 e. The Morgan fingerprint density at radius 2 is 1.02 bits per heavy atom. The highest BCUT2D eigenvalue weighted by molar-refractivity contribution is 7.26. The standard InChI is InChI=1S/C37H24N2S/c1-5-16-29-24(11-1)23-25-12-2-6-17-30(25)38(29)32-19-10-20-33-36(32)28-14-3-7-18-31(28)39(33)34-21-9-15-27-26-13-4-8-22-35(26)40-37(27)34/h1-22H,23H2. The molecule has 8 aromatic rings. The SMILES string of the molecule is c1ccc2c(c1)Cc1ccccc1N2c1cccc2c1c1ccccc1n2-c1cccc2c1sc1ccccc12. The van der Waals surface area contributed by atoms with E-state index in [2.05, 4.69) is 143 Å². The first-order chi connectivity index (χ1) is 19.9. The maximum absolute atomic E-state index is 2.48. The molecule has 0 unspecified atom stereocenters. The molecule has 2 nitrogen and oxygen atoms in total. The molecule has 9 rings (SSSR count). The van der Waals surface area contributed by atoms with Gasteiger partial charge in [-0.3, -0.25) is 0 Å². The summed E-state index contributed by atoms with van der Waals surface area (Å²) in [6.07, 6.45) is 0.953. The molecule has 0 spiro atoms. The average molecular weight is 529 g/mol. The number of fused-ring (bicyclic) bond motifs is 8. The Hall–Kier alpha value is -4.86. The summed E-state index contributed by atoms with van der Waals surface area (Å²) >= 11 is 1.89. The van der Waals surface area contributed by atoms with Crippen molar-refractivity contribution in [2.24, 2.45) is 0 Å². The van der Waals surface area contributed by atoms with E-state index < -0.39 is 0 Å². The van der Waals surface area contributed by atoms with Crippen molar-refractivity contribution < 1.29 is 0 Å². The van der Waals surface area contributed by atoms with Crippen molar-refractivity contribution in [1.82, 2.24) is 4.57 Å². The zero-order chi connectivity index (χ0) is 26.2. The van der Waals surface area contributed by atoms with E-state index in [1.54, 1.807) is 0 Å². The van der Waals surface area contributed by atoms with E-state index in [9.17, 15) is 0 Å². The molecular weight excluding hydrogens is 504 g/mol. The summed E-state index contributed by atoms with van der Waals surface area (Å²) in [6.45, 7) is 0. The van der Waals surface area contributed by atoms with Gasteiger partial charge in [0, 0.05) is 44.0 Å². The monoisotopic (exact) mass is 528 g/mol. The maximum atomic E-state index is 2.48. The second-order valence-corrected chi connectivity index (χ2v) is 11.6. The van der Waals surface area contributed by atoms with E-state index in [0.29, 0.717) is 0 Å². The normalized spacial score (nSPS) is 12.8. The molecule has 0 saturated carbocycles. The van der Waals surface area contributed by atoms with Crippen LogP contribution in [0.1, 0.15) is 11.1 Å². The third-order valence-electron chi connectivity index (χ3n) is 8.39. The molecule has 3 heteroatoms. The largest absolute Gasteiger partial charge is 0.309 e. The van der Waals surface area contributed by atoms with Crippen LogP contribution < -0.4 is 4.90 Å². The summed E-state index contributed by atoms with van der Waals surface area (Å²) in [5.74, 6) is 0. The van der Waals surface area contributed by atoms with Crippen molar-refractivity contribution >= 4 is 70.4 Å². The number of nitrogens with zero attached hydrogens (tertiary/aromatic N) is 2. The van der Waals surface area contributed by atoms with Crippen LogP contribution in [-0.4, -0.2) is 4.57 Å². The summed E-state index contributed by atoms with van der Waals surface area (Å²) in [7, 11) is 0. The zero-order valence-electron chi connectivity index (χ0n) is 21.7. The molecule has 0 aliphatic carbocycles. The van der Waals surface area contributed by atoms with Gasteiger partial charge in [-0.15, -0.1) is 11.3 Å². The molecule has 0 N–H and O–H groups in total. The Bertz CT molecular complexity index is 2220. The molecule has 188 valence electrons. The molecule has 0 amide bonds. The van der Waals surface area contributed by atoms with Gasteiger partial charge >= 0.3 is 0 Å². The lowest BCUT2D eigenvalue weighted by Crippen LogP contribution is -2.18. The molecule has 0 radical (unpaired) electrons. The Labute approximate surface area is 236 Å². The van der Waals surface area contributed by atoms with Crippen LogP contribution in [0.25, 0.3) is 47.7 Å². The Kier molecular flexibility index (Phi) is 4.58. The summed E-state index contributed by atoms with van der Waals surface area (Å²) in [5, 5.41) is 5.20.